The zero-order valence-corrected chi connectivity index (χ0v) is 22.3. The Labute approximate surface area is 222 Å². The largest absolute Gasteiger partial charge is 0.493 e. The van der Waals surface area contributed by atoms with E-state index in [0.29, 0.717) is 29.7 Å². The lowest BCUT2D eigenvalue weighted by molar-refractivity contribution is 0.280. The number of hydrogen-bond acceptors (Lipinski definition) is 7. The molecular weight excluding hydrogens is 550 g/mol. The van der Waals surface area contributed by atoms with Crippen LogP contribution in [0, 0.1) is 0 Å². The Balaban J connectivity index is 1.31. The van der Waals surface area contributed by atoms with Gasteiger partial charge in [0.15, 0.2) is 11.5 Å². The van der Waals surface area contributed by atoms with Gasteiger partial charge in [-0.15, -0.1) is 5.10 Å². The van der Waals surface area contributed by atoms with Gasteiger partial charge in [-0.25, -0.2) is 0 Å². The minimum atomic E-state index is 0.396. The highest BCUT2D eigenvalue weighted by atomic mass is 79.9. The first kappa shape index (κ1) is 25.5. The molecule has 1 heterocycles. The molecule has 4 rings (SSSR count). The number of nitrogens with one attached hydrogen (secondary N) is 1. The maximum atomic E-state index is 6.18. The average molecular weight is 575 g/mol. The number of methoxy groups -OCH3 is 1. The third kappa shape index (κ3) is 6.98. The molecule has 0 spiro atoms. The number of hydrogen-bond donors (Lipinski definition) is 1. The minimum Gasteiger partial charge on any atom is -0.493 e. The van der Waals surface area contributed by atoms with Crippen LogP contribution in [0.2, 0.25) is 5.02 Å². The molecule has 0 unspecified atom stereocenters. The second kappa shape index (κ2) is 12.9. The summed E-state index contributed by atoms with van der Waals surface area (Å²) >= 11 is 11.4. The number of thioether (sulfide) groups is 1. The lowest BCUT2D eigenvalue weighted by atomic mass is 10.1. The summed E-state index contributed by atoms with van der Waals surface area (Å²) in [5.74, 6) is 2.29. The van der Waals surface area contributed by atoms with Gasteiger partial charge in [-0.1, -0.05) is 69.6 Å². The van der Waals surface area contributed by atoms with E-state index in [0.717, 1.165) is 45.2 Å². The van der Waals surface area contributed by atoms with Crippen molar-refractivity contribution in [3.8, 4) is 17.2 Å². The van der Waals surface area contributed by atoms with Gasteiger partial charge >= 0.3 is 0 Å². The summed E-state index contributed by atoms with van der Waals surface area (Å²) < 4.78 is 14.5. The lowest BCUT2D eigenvalue weighted by Crippen LogP contribution is -2.17. The van der Waals surface area contributed by atoms with Crippen LogP contribution in [0.25, 0.3) is 5.69 Å². The van der Waals surface area contributed by atoms with Crippen LogP contribution in [0.5, 0.6) is 11.5 Å². The van der Waals surface area contributed by atoms with Gasteiger partial charge in [-0.3, -0.25) is 0 Å². The van der Waals surface area contributed by atoms with Gasteiger partial charge in [0.05, 0.1) is 12.8 Å². The van der Waals surface area contributed by atoms with Crippen LogP contribution in [0.4, 0.5) is 0 Å². The smallest absolute Gasteiger partial charge is 0.214 e. The Kier molecular flexibility index (Phi) is 9.42. The third-order valence-electron chi connectivity index (χ3n) is 5.13. The predicted octanol–water partition coefficient (Wildman–Crippen LogP) is 5.94. The molecule has 0 aliphatic carbocycles. The van der Waals surface area contributed by atoms with Gasteiger partial charge < -0.3 is 14.8 Å². The maximum Gasteiger partial charge on any atom is 0.214 e. The quantitative estimate of drug-likeness (QED) is 0.166. The van der Waals surface area contributed by atoms with Crippen molar-refractivity contribution in [2.45, 2.75) is 24.7 Å². The molecule has 0 atom stereocenters. The van der Waals surface area contributed by atoms with E-state index in [1.54, 1.807) is 23.6 Å². The van der Waals surface area contributed by atoms with Gasteiger partial charge in [0, 0.05) is 27.4 Å². The molecule has 4 aromatic rings. The number of rotatable bonds is 12. The molecule has 1 aromatic heterocycles. The molecule has 182 valence electrons. The van der Waals surface area contributed by atoms with E-state index in [2.05, 4.69) is 36.8 Å². The van der Waals surface area contributed by atoms with Gasteiger partial charge in [-0.05, 0) is 65.4 Å². The summed E-state index contributed by atoms with van der Waals surface area (Å²) in [7, 11) is 1.65. The summed E-state index contributed by atoms with van der Waals surface area (Å²) in [4.78, 5) is 0. The Morgan fingerprint density at radius 1 is 1.09 bits per heavy atom. The molecule has 0 fully saturated rings. The SMILES string of the molecule is COc1ccc(Br)c(CNCCCSc2nnnn2-c2ccccc2)c1OCc1cccc(Cl)c1. The molecule has 0 amide bonds. The number of para-hydroxylation sites is 1. The molecule has 0 bridgehead atoms. The molecule has 0 aliphatic heterocycles. The Bertz CT molecular complexity index is 1240. The van der Waals surface area contributed by atoms with Crippen LogP contribution in [0.1, 0.15) is 17.5 Å². The van der Waals surface area contributed by atoms with Crippen LogP contribution in [-0.2, 0) is 13.2 Å². The minimum absolute atomic E-state index is 0.396. The lowest BCUT2D eigenvalue weighted by Gasteiger charge is -2.17. The van der Waals surface area contributed by atoms with Crippen molar-refractivity contribution in [3.05, 3.63) is 87.4 Å². The third-order valence-corrected chi connectivity index (χ3v) is 7.12. The van der Waals surface area contributed by atoms with E-state index >= 15 is 0 Å². The molecule has 0 aliphatic rings. The molecule has 7 nitrogen and oxygen atoms in total. The van der Waals surface area contributed by atoms with E-state index in [-0.39, 0.29) is 0 Å². The molecular formula is C25H25BrClN5O2S. The van der Waals surface area contributed by atoms with Crippen molar-refractivity contribution in [3.63, 3.8) is 0 Å². The van der Waals surface area contributed by atoms with E-state index in [1.165, 1.54) is 0 Å². The summed E-state index contributed by atoms with van der Waals surface area (Å²) in [5, 5.41) is 17.0. The molecule has 0 saturated carbocycles. The molecule has 1 N–H and O–H groups in total. The molecule has 0 saturated heterocycles. The monoisotopic (exact) mass is 573 g/mol. The highest BCUT2D eigenvalue weighted by Gasteiger charge is 2.15. The fourth-order valence-electron chi connectivity index (χ4n) is 3.42. The van der Waals surface area contributed by atoms with E-state index < -0.39 is 0 Å². The Morgan fingerprint density at radius 2 is 1.94 bits per heavy atom. The van der Waals surface area contributed by atoms with Gasteiger partial charge in [0.2, 0.25) is 5.16 Å². The highest BCUT2D eigenvalue weighted by Crippen LogP contribution is 2.37. The fraction of sp³-hybridized carbons (Fsp3) is 0.240. The van der Waals surface area contributed by atoms with Crippen LogP contribution < -0.4 is 14.8 Å². The van der Waals surface area contributed by atoms with Crippen LogP contribution in [0.15, 0.2) is 76.4 Å². The van der Waals surface area contributed by atoms with E-state index in [1.807, 2.05) is 66.7 Å². The Hall–Kier alpha value is -2.59. The number of benzene rings is 3. The van der Waals surface area contributed by atoms with Crippen molar-refractivity contribution < 1.29 is 9.47 Å². The maximum absolute atomic E-state index is 6.18. The number of halogens is 2. The summed E-state index contributed by atoms with van der Waals surface area (Å²) in [5.41, 5.74) is 2.95. The molecule has 3 aromatic carbocycles. The zero-order valence-electron chi connectivity index (χ0n) is 19.2. The number of nitrogens with zero attached hydrogens (tertiary/aromatic N) is 4. The summed E-state index contributed by atoms with van der Waals surface area (Å²) in [6, 6.07) is 21.4. The van der Waals surface area contributed by atoms with Gasteiger partial charge in [-0.2, -0.15) is 4.68 Å². The van der Waals surface area contributed by atoms with Crippen LogP contribution in [-0.4, -0.2) is 39.6 Å². The molecule has 10 heteroatoms. The van der Waals surface area contributed by atoms with Crippen molar-refractivity contribution >= 4 is 39.3 Å². The van der Waals surface area contributed by atoms with Crippen LogP contribution in [0.3, 0.4) is 0 Å². The van der Waals surface area contributed by atoms with Gasteiger partial charge in [0.25, 0.3) is 0 Å². The summed E-state index contributed by atoms with van der Waals surface area (Å²) in [6.07, 6.45) is 0.951. The highest BCUT2D eigenvalue weighted by molar-refractivity contribution is 9.10. The number of ether oxygens (including phenoxy) is 2. The van der Waals surface area contributed by atoms with Crippen molar-refractivity contribution in [2.24, 2.45) is 0 Å². The van der Waals surface area contributed by atoms with Crippen molar-refractivity contribution in [1.82, 2.24) is 25.5 Å². The van der Waals surface area contributed by atoms with E-state index in [9.17, 15) is 0 Å². The second-order valence-electron chi connectivity index (χ2n) is 7.56. The fourth-order valence-corrected chi connectivity index (χ4v) is 4.92. The van der Waals surface area contributed by atoms with Crippen molar-refractivity contribution in [2.75, 3.05) is 19.4 Å². The summed E-state index contributed by atoms with van der Waals surface area (Å²) in [6.45, 7) is 1.86. The molecule has 35 heavy (non-hydrogen) atoms. The number of aromatic nitrogens is 4. The second-order valence-corrected chi connectivity index (χ2v) is 9.92. The topological polar surface area (TPSA) is 74.1 Å². The standard InChI is InChI=1S/C25H25BrClN5O2S/c1-33-23-12-11-22(26)21(24(23)34-17-18-7-5-8-19(27)15-18)16-28-13-6-14-35-25-29-30-31-32(25)20-9-3-2-4-10-20/h2-5,7-12,15,28H,6,13-14,16-17H2,1H3. The average Bonchev–Trinajstić information content (AvgIpc) is 3.35. The Morgan fingerprint density at radius 3 is 2.74 bits per heavy atom. The van der Waals surface area contributed by atoms with Gasteiger partial charge in [0.1, 0.15) is 6.61 Å². The first-order chi connectivity index (χ1) is 17.2. The van der Waals surface area contributed by atoms with Crippen LogP contribution >= 0.6 is 39.3 Å². The molecule has 0 radical (unpaired) electrons. The predicted molar refractivity (Wildman–Crippen MR) is 143 cm³/mol. The first-order valence-corrected chi connectivity index (χ1v) is 13.2. The van der Waals surface area contributed by atoms with Crippen molar-refractivity contribution in [1.29, 1.82) is 0 Å². The number of tetrazole rings is 1. The zero-order chi connectivity index (χ0) is 24.5. The normalized spacial score (nSPS) is 10.9. The first-order valence-electron chi connectivity index (χ1n) is 11.1. The van der Waals surface area contributed by atoms with E-state index in [4.69, 9.17) is 21.1 Å².